The summed E-state index contributed by atoms with van der Waals surface area (Å²) < 4.78 is 0. The molecule has 0 saturated heterocycles. The normalized spacial score (nSPS) is 37.0. The van der Waals surface area contributed by atoms with Gasteiger partial charge in [-0.15, -0.1) is 0 Å². The summed E-state index contributed by atoms with van der Waals surface area (Å²) in [5.74, 6) is 1.76. The van der Waals surface area contributed by atoms with E-state index in [-0.39, 0.29) is 5.78 Å². The van der Waals surface area contributed by atoms with E-state index < -0.39 is 17.8 Å². The first-order valence-corrected chi connectivity index (χ1v) is 12.6. The zero-order valence-electron chi connectivity index (χ0n) is 20.6. The van der Waals surface area contributed by atoms with Crippen LogP contribution < -0.4 is 0 Å². The number of fused-ring (bicyclic) bond motifs is 1. The third kappa shape index (κ3) is 5.46. The van der Waals surface area contributed by atoms with Crippen LogP contribution in [0, 0.1) is 23.2 Å². The van der Waals surface area contributed by atoms with E-state index >= 15 is 0 Å². The Morgan fingerprint density at radius 2 is 2.00 bits per heavy atom. The number of hydrogen-bond acceptors (Lipinski definition) is 4. The summed E-state index contributed by atoms with van der Waals surface area (Å²) in [6, 6.07) is 0. The Balaban J connectivity index is 1.67. The molecule has 2 unspecified atom stereocenters. The molecule has 0 radical (unpaired) electrons. The third-order valence-electron chi connectivity index (χ3n) is 8.73. The van der Waals surface area contributed by atoms with Gasteiger partial charge in [0.05, 0.1) is 12.2 Å². The number of aliphatic hydroxyl groups excluding tert-OH is 2. The minimum absolute atomic E-state index is 0.0596. The lowest BCUT2D eigenvalue weighted by Gasteiger charge is -2.44. The molecule has 3 saturated carbocycles. The average molecular weight is 445 g/mol. The molecular weight excluding hydrogens is 400 g/mol. The van der Waals surface area contributed by atoms with Gasteiger partial charge >= 0.3 is 0 Å². The van der Waals surface area contributed by atoms with Gasteiger partial charge in [0.1, 0.15) is 5.60 Å². The molecule has 0 aliphatic heterocycles. The Hall–Kier alpha value is -1.23. The van der Waals surface area contributed by atoms with Crippen LogP contribution in [0.1, 0.15) is 91.9 Å². The van der Waals surface area contributed by atoms with Crippen molar-refractivity contribution in [3.05, 3.63) is 35.5 Å². The maximum absolute atomic E-state index is 12.1. The number of Topliss-reactive ketones (excluding diaryl/α,β-unsaturated/α-hetero) is 1. The second-order valence-electron chi connectivity index (χ2n) is 11.5. The predicted molar refractivity (Wildman–Crippen MR) is 129 cm³/mol. The van der Waals surface area contributed by atoms with E-state index in [1.807, 2.05) is 0 Å². The van der Waals surface area contributed by atoms with Crippen molar-refractivity contribution >= 4 is 5.78 Å². The predicted octanol–water partition coefficient (Wildman–Crippen LogP) is 5.27. The van der Waals surface area contributed by atoms with Crippen molar-refractivity contribution in [1.29, 1.82) is 0 Å². The van der Waals surface area contributed by atoms with Gasteiger partial charge in [-0.1, -0.05) is 44.6 Å². The molecule has 0 heterocycles. The zero-order valence-corrected chi connectivity index (χ0v) is 20.6. The standard InChI is InChI=1S/C28H44O4/c1-18(8-6-10-26(31)27(3,4)32)23-13-14-24-20(9-7-15-28(23,24)5)11-12-21-16-22(29)17-25(30)19(21)2/h11-12,18,22-25,29-30,32H,2,6-10,13-17H2,1,3-5H3/b20-11+,21-12-/t18-,22-,23?,24?,25+,28-/m1/s1. The van der Waals surface area contributed by atoms with Crippen LogP contribution in [0.3, 0.4) is 0 Å². The van der Waals surface area contributed by atoms with Crippen molar-refractivity contribution in [3.8, 4) is 0 Å². The fourth-order valence-corrected chi connectivity index (χ4v) is 6.77. The SMILES string of the molecule is C=C1/C(=C\C=C2/CCC[C@@]3(C)C2CCC3[C@H](C)CCCC(=O)C(C)(C)O)C[C@@H](O)C[C@@H]1O. The lowest BCUT2D eigenvalue weighted by molar-refractivity contribution is -0.134. The molecule has 32 heavy (non-hydrogen) atoms. The second kappa shape index (κ2) is 9.95. The average Bonchev–Trinajstić information content (AvgIpc) is 3.06. The van der Waals surface area contributed by atoms with E-state index in [0.29, 0.717) is 42.4 Å². The Morgan fingerprint density at radius 1 is 1.28 bits per heavy atom. The molecule has 180 valence electrons. The summed E-state index contributed by atoms with van der Waals surface area (Å²) in [6.45, 7) is 12.0. The van der Waals surface area contributed by atoms with Gasteiger partial charge < -0.3 is 15.3 Å². The van der Waals surface area contributed by atoms with Crippen LogP contribution in [-0.2, 0) is 4.79 Å². The van der Waals surface area contributed by atoms with Crippen molar-refractivity contribution in [3.63, 3.8) is 0 Å². The summed E-state index contributed by atoms with van der Waals surface area (Å²) in [4.78, 5) is 12.1. The Bertz CT molecular complexity index is 771. The van der Waals surface area contributed by atoms with Gasteiger partial charge in [0, 0.05) is 12.8 Å². The van der Waals surface area contributed by atoms with Crippen molar-refractivity contribution in [1.82, 2.24) is 0 Å². The number of carbonyl (C=O) groups is 1. The fraction of sp³-hybridized carbons (Fsp3) is 0.750. The lowest BCUT2D eigenvalue weighted by Crippen LogP contribution is -2.36. The summed E-state index contributed by atoms with van der Waals surface area (Å²) in [5, 5.41) is 30.1. The molecule has 0 aromatic heterocycles. The van der Waals surface area contributed by atoms with Gasteiger partial charge in [-0.05, 0) is 93.1 Å². The molecular formula is C28H44O4. The van der Waals surface area contributed by atoms with Crippen LogP contribution in [0.2, 0.25) is 0 Å². The molecule has 4 heteroatoms. The summed E-state index contributed by atoms with van der Waals surface area (Å²) in [6.07, 6.45) is 12.6. The molecule has 3 N–H and O–H groups in total. The molecule has 0 aromatic rings. The van der Waals surface area contributed by atoms with E-state index in [9.17, 15) is 20.1 Å². The van der Waals surface area contributed by atoms with Crippen LogP contribution in [0.25, 0.3) is 0 Å². The van der Waals surface area contributed by atoms with Crippen molar-refractivity contribution in [2.75, 3.05) is 0 Å². The van der Waals surface area contributed by atoms with Crippen molar-refractivity contribution in [2.45, 2.75) is 110 Å². The van der Waals surface area contributed by atoms with Gasteiger partial charge in [-0.3, -0.25) is 4.79 Å². The second-order valence-corrected chi connectivity index (χ2v) is 11.5. The smallest absolute Gasteiger partial charge is 0.163 e. The number of rotatable bonds is 7. The molecule has 3 aliphatic rings. The van der Waals surface area contributed by atoms with E-state index in [1.54, 1.807) is 13.8 Å². The molecule has 6 atom stereocenters. The number of hydrogen-bond donors (Lipinski definition) is 3. The Labute approximate surface area is 194 Å². The fourth-order valence-electron chi connectivity index (χ4n) is 6.77. The quantitative estimate of drug-likeness (QED) is 0.500. The zero-order chi connectivity index (χ0) is 23.7. The van der Waals surface area contributed by atoms with E-state index in [4.69, 9.17) is 0 Å². The topological polar surface area (TPSA) is 77.8 Å². The van der Waals surface area contributed by atoms with Crippen LogP contribution >= 0.6 is 0 Å². The highest BCUT2D eigenvalue weighted by atomic mass is 16.3. The minimum atomic E-state index is -1.22. The van der Waals surface area contributed by atoms with Crippen molar-refractivity contribution in [2.24, 2.45) is 23.2 Å². The number of allylic oxidation sites excluding steroid dienone is 3. The first-order valence-electron chi connectivity index (χ1n) is 12.6. The maximum atomic E-state index is 12.1. The van der Waals surface area contributed by atoms with Crippen LogP contribution in [0.15, 0.2) is 35.5 Å². The largest absolute Gasteiger partial charge is 0.393 e. The van der Waals surface area contributed by atoms with E-state index in [1.165, 1.54) is 31.3 Å². The number of carbonyl (C=O) groups excluding carboxylic acids is 1. The van der Waals surface area contributed by atoms with Gasteiger partial charge in [0.25, 0.3) is 0 Å². The molecule has 0 bridgehead atoms. The molecule has 3 aliphatic carbocycles. The number of ketones is 1. The van der Waals surface area contributed by atoms with E-state index in [0.717, 1.165) is 30.4 Å². The molecule has 3 rings (SSSR count). The van der Waals surface area contributed by atoms with E-state index in [2.05, 4.69) is 32.6 Å². The maximum Gasteiger partial charge on any atom is 0.163 e. The molecule has 0 amide bonds. The molecule has 4 nitrogen and oxygen atoms in total. The molecule has 0 spiro atoms. The monoisotopic (exact) mass is 444 g/mol. The van der Waals surface area contributed by atoms with Crippen LogP contribution in [0.4, 0.5) is 0 Å². The third-order valence-corrected chi connectivity index (χ3v) is 8.73. The van der Waals surface area contributed by atoms with Gasteiger partial charge in [-0.2, -0.15) is 0 Å². The van der Waals surface area contributed by atoms with Gasteiger partial charge in [0.2, 0.25) is 0 Å². The van der Waals surface area contributed by atoms with Gasteiger partial charge in [-0.25, -0.2) is 0 Å². The van der Waals surface area contributed by atoms with Crippen molar-refractivity contribution < 1.29 is 20.1 Å². The van der Waals surface area contributed by atoms with Gasteiger partial charge in [0.15, 0.2) is 5.78 Å². The first kappa shape index (κ1) is 25.4. The highest BCUT2D eigenvalue weighted by Gasteiger charge is 2.50. The summed E-state index contributed by atoms with van der Waals surface area (Å²) in [7, 11) is 0. The number of aliphatic hydroxyl groups is 3. The first-order chi connectivity index (χ1) is 14.9. The highest BCUT2D eigenvalue weighted by molar-refractivity contribution is 5.86. The molecule has 3 fully saturated rings. The van der Waals surface area contributed by atoms with Crippen LogP contribution in [0.5, 0.6) is 0 Å². The lowest BCUT2D eigenvalue weighted by atomic mass is 9.60. The summed E-state index contributed by atoms with van der Waals surface area (Å²) in [5.41, 5.74) is 2.33. The minimum Gasteiger partial charge on any atom is -0.393 e. The molecule has 0 aromatic carbocycles. The van der Waals surface area contributed by atoms with Crippen LogP contribution in [-0.4, -0.2) is 38.9 Å². The Kier molecular flexibility index (Phi) is 7.89. The summed E-state index contributed by atoms with van der Waals surface area (Å²) >= 11 is 0. The highest BCUT2D eigenvalue weighted by Crippen LogP contribution is 2.59. The Morgan fingerprint density at radius 3 is 2.69 bits per heavy atom.